The third-order valence-corrected chi connectivity index (χ3v) is 5.43. The van der Waals surface area contributed by atoms with Crippen LogP contribution in [0.3, 0.4) is 0 Å². The van der Waals surface area contributed by atoms with Gasteiger partial charge in [-0.15, -0.1) is 0 Å². The van der Waals surface area contributed by atoms with E-state index in [0.29, 0.717) is 6.61 Å². The van der Waals surface area contributed by atoms with Crippen LogP contribution in [0, 0.1) is 0 Å². The molecule has 0 unspecified atom stereocenters. The van der Waals surface area contributed by atoms with Gasteiger partial charge in [0, 0.05) is 5.56 Å². The molecule has 0 fully saturated rings. The molecule has 1 heteroatoms. The lowest BCUT2D eigenvalue weighted by molar-refractivity contribution is 0.307. The maximum absolute atomic E-state index is 6.16. The van der Waals surface area contributed by atoms with Crippen molar-refractivity contribution in [3.05, 3.63) is 90.0 Å². The summed E-state index contributed by atoms with van der Waals surface area (Å²) in [4.78, 5) is 0. The van der Waals surface area contributed by atoms with Crippen LogP contribution < -0.4 is 4.74 Å². The molecule has 0 saturated heterocycles. The molecule has 152 valence electrons. The summed E-state index contributed by atoms with van der Waals surface area (Å²) >= 11 is 0. The minimum absolute atomic E-state index is 0.593. The number of para-hydroxylation sites is 1. The Labute approximate surface area is 176 Å². The average molecular weight is 387 g/mol. The van der Waals surface area contributed by atoms with Crippen LogP contribution in [0.5, 0.6) is 5.75 Å². The van der Waals surface area contributed by atoms with Crippen molar-refractivity contribution in [1.82, 2.24) is 0 Å². The van der Waals surface area contributed by atoms with Gasteiger partial charge in [0.15, 0.2) is 0 Å². The minimum atomic E-state index is 0.593. The van der Waals surface area contributed by atoms with Crippen LogP contribution in [0.25, 0.3) is 11.1 Å². The molecule has 0 aromatic heterocycles. The summed E-state index contributed by atoms with van der Waals surface area (Å²) in [6.07, 6.45) is 10.6. The Balaban J connectivity index is 1.58. The zero-order valence-electron chi connectivity index (χ0n) is 17.8. The number of unbranched alkanes of at least 4 members (excludes halogenated alkanes) is 6. The molecule has 0 atom stereocenters. The molecule has 0 N–H and O–H groups in total. The maximum atomic E-state index is 6.16. The van der Waals surface area contributed by atoms with Gasteiger partial charge in [-0.25, -0.2) is 0 Å². The first-order valence-electron chi connectivity index (χ1n) is 11.2. The van der Waals surface area contributed by atoms with Crippen molar-refractivity contribution >= 4 is 0 Å². The molecule has 0 heterocycles. The fourth-order valence-corrected chi connectivity index (χ4v) is 3.75. The first kappa shape index (κ1) is 21.2. The second-order valence-electron chi connectivity index (χ2n) is 7.84. The Morgan fingerprint density at radius 2 is 1.31 bits per heavy atom. The van der Waals surface area contributed by atoms with Crippen molar-refractivity contribution in [2.24, 2.45) is 0 Å². The molecule has 0 spiro atoms. The highest BCUT2D eigenvalue weighted by Gasteiger charge is 2.07. The van der Waals surface area contributed by atoms with Gasteiger partial charge < -0.3 is 4.74 Å². The van der Waals surface area contributed by atoms with Gasteiger partial charge in [-0.2, -0.15) is 0 Å². The number of benzene rings is 3. The Hall–Kier alpha value is -2.54. The van der Waals surface area contributed by atoms with Crippen LogP contribution in [0.2, 0.25) is 0 Å². The van der Waals surface area contributed by atoms with E-state index in [9.17, 15) is 0 Å². The highest BCUT2D eigenvalue weighted by Crippen LogP contribution is 2.31. The Morgan fingerprint density at radius 1 is 0.621 bits per heavy atom. The average Bonchev–Trinajstić information content (AvgIpc) is 2.78. The molecule has 3 aromatic carbocycles. The molecule has 0 aliphatic carbocycles. The highest BCUT2D eigenvalue weighted by molar-refractivity contribution is 5.70. The molecular weight excluding hydrogens is 352 g/mol. The van der Waals surface area contributed by atoms with Crippen molar-refractivity contribution in [2.75, 3.05) is 0 Å². The van der Waals surface area contributed by atoms with Gasteiger partial charge in [0.2, 0.25) is 0 Å². The lowest BCUT2D eigenvalue weighted by Gasteiger charge is -2.13. The highest BCUT2D eigenvalue weighted by atomic mass is 16.5. The summed E-state index contributed by atoms with van der Waals surface area (Å²) in [6, 6.07) is 27.7. The van der Waals surface area contributed by atoms with Crippen LogP contribution >= 0.6 is 0 Å². The third kappa shape index (κ3) is 7.09. The second kappa shape index (κ2) is 12.1. The molecule has 29 heavy (non-hydrogen) atoms. The second-order valence-corrected chi connectivity index (χ2v) is 7.84. The molecule has 0 aliphatic rings. The van der Waals surface area contributed by atoms with Gasteiger partial charge in [-0.1, -0.05) is 118 Å². The molecule has 0 radical (unpaired) electrons. The lowest BCUT2D eigenvalue weighted by atomic mass is 9.99. The summed E-state index contributed by atoms with van der Waals surface area (Å²) in [5.74, 6) is 0.949. The van der Waals surface area contributed by atoms with E-state index in [0.717, 1.165) is 12.2 Å². The first-order valence-corrected chi connectivity index (χ1v) is 11.2. The predicted molar refractivity (Wildman–Crippen MR) is 124 cm³/mol. The van der Waals surface area contributed by atoms with Crippen LogP contribution in [0.1, 0.15) is 63.0 Å². The molecule has 3 rings (SSSR count). The first-order chi connectivity index (χ1) is 14.4. The predicted octanol–water partition coefficient (Wildman–Crippen LogP) is 8.23. The number of rotatable bonds is 12. The van der Waals surface area contributed by atoms with E-state index >= 15 is 0 Å². The van der Waals surface area contributed by atoms with E-state index in [1.807, 2.05) is 12.1 Å². The number of hydrogen-bond donors (Lipinski definition) is 0. The zero-order valence-corrected chi connectivity index (χ0v) is 17.8. The van der Waals surface area contributed by atoms with Crippen LogP contribution in [-0.4, -0.2) is 0 Å². The van der Waals surface area contributed by atoms with Gasteiger partial charge in [0.05, 0.1) is 0 Å². The topological polar surface area (TPSA) is 9.23 Å². The Morgan fingerprint density at radius 3 is 2.14 bits per heavy atom. The standard InChI is InChI=1S/C28H34O/c1-2-3-4-5-6-7-9-15-24-18-14-19-26(22-24)27-20-12-13-21-28(27)29-23-25-16-10-8-11-17-25/h8,10-14,16-22H,2-7,9,15,23H2,1H3. The molecule has 0 bridgehead atoms. The van der Waals surface area contributed by atoms with E-state index in [1.165, 1.54) is 67.2 Å². The van der Waals surface area contributed by atoms with Gasteiger partial charge in [0.1, 0.15) is 12.4 Å². The number of hydrogen-bond acceptors (Lipinski definition) is 1. The lowest BCUT2D eigenvalue weighted by Crippen LogP contribution is -1.97. The summed E-state index contributed by atoms with van der Waals surface area (Å²) in [5.41, 5.74) is 5.03. The summed E-state index contributed by atoms with van der Waals surface area (Å²) in [5, 5.41) is 0. The molecule has 0 saturated carbocycles. The smallest absolute Gasteiger partial charge is 0.127 e. The molecule has 1 nitrogen and oxygen atoms in total. The van der Waals surface area contributed by atoms with Crippen molar-refractivity contribution in [1.29, 1.82) is 0 Å². The van der Waals surface area contributed by atoms with E-state index in [2.05, 4.69) is 73.7 Å². The maximum Gasteiger partial charge on any atom is 0.127 e. The van der Waals surface area contributed by atoms with E-state index in [1.54, 1.807) is 0 Å². The van der Waals surface area contributed by atoms with E-state index < -0.39 is 0 Å². The molecule has 0 amide bonds. The largest absolute Gasteiger partial charge is 0.488 e. The zero-order chi connectivity index (χ0) is 20.2. The number of ether oxygens (including phenoxy) is 1. The number of aryl methyl sites for hydroxylation is 1. The fraction of sp³-hybridized carbons (Fsp3) is 0.357. The monoisotopic (exact) mass is 386 g/mol. The van der Waals surface area contributed by atoms with Crippen molar-refractivity contribution in [3.63, 3.8) is 0 Å². The SMILES string of the molecule is CCCCCCCCCc1cccc(-c2ccccc2OCc2ccccc2)c1. The van der Waals surface area contributed by atoms with Crippen molar-refractivity contribution in [2.45, 2.75) is 64.9 Å². The molecular formula is C28H34O. The van der Waals surface area contributed by atoms with E-state index in [4.69, 9.17) is 4.74 Å². The van der Waals surface area contributed by atoms with Crippen LogP contribution in [-0.2, 0) is 13.0 Å². The quantitative estimate of drug-likeness (QED) is 0.285. The molecule has 3 aromatic rings. The van der Waals surface area contributed by atoms with Gasteiger partial charge in [-0.05, 0) is 35.6 Å². The summed E-state index contributed by atoms with van der Waals surface area (Å²) in [7, 11) is 0. The van der Waals surface area contributed by atoms with Gasteiger partial charge >= 0.3 is 0 Å². The fourth-order valence-electron chi connectivity index (χ4n) is 3.75. The normalized spacial score (nSPS) is 10.8. The Bertz CT molecular complexity index is 838. The Kier molecular flexibility index (Phi) is 8.85. The summed E-state index contributed by atoms with van der Waals surface area (Å²) < 4.78 is 6.16. The summed E-state index contributed by atoms with van der Waals surface area (Å²) in [6.45, 7) is 2.87. The minimum Gasteiger partial charge on any atom is -0.488 e. The van der Waals surface area contributed by atoms with Crippen LogP contribution in [0.15, 0.2) is 78.9 Å². The third-order valence-electron chi connectivity index (χ3n) is 5.43. The van der Waals surface area contributed by atoms with Crippen molar-refractivity contribution < 1.29 is 4.74 Å². The van der Waals surface area contributed by atoms with Gasteiger partial charge in [0.25, 0.3) is 0 Å². The molecule has 0 aliphatic heterocycles. The van der Waals surface area contributed by atoms with E-state index in [-0.39, 0.29) is 0 Å². The van der Waals surface area contributed by atoms with Gasteiger partial charge in [-0.3, -0.25) is 0 Å². The van der Waals surface area contributed by atoms with Crippen molar-refractivity contribution in [3.8, 4) is 16.9 Å². The van der Waals surface area contributed by atoms with Crippen LogP contribution in [0.4, 0.5) is 0 Å².